The van der Waals surface area contributed by atoms with Gasteiger partial charge in [0.05, 0.1) is 7.11 Å². The molecule has 2 amide bonds. The van der Waals surface area contributed by atoms with Gasteiger partial charge < -0.3 is 10.1 Å². The Morgan fingerprint density at radius 3 is 2.79 bits per heavy atom. The molecule has 2 N–H and O–H groups in total. The Labute approximate surface area is 138 Å². The highest BCUT2D eigenvalue weighted by atomic mass is 16.5. The number of amides is 2. The first-order valence-electron chi connectivity index (χ1n) is 7.24. The molecule has 8 heteroatoms. The lowest BCUT2D eigenvalue weighted by atomic mass is 10.2. The third-order valence-corrected chi connectivity index (χ3v) is 3.25. The summed E-state index contributed by atoms with van der Waals surface area (Å²) in [5, 5.41) is 9.52. The van der Waals surface area contributed by atoms with E-state index in [-0.39, 0.29) is 6.03 Å². The molecule has 0 aliphatic heterocycles. The van der Waals surface area contributed by atoms with Crippen molar-refractivity contribution in [1.82, 2.24) is 25.1 Å². The first-order chi connectivity index (χ1) is 11.7. The number of carbonyl (C=O) groups excluding carboxylic acids is 1. The monoisotopic (exact) mass is 324 g/mol. The molecule has 3 aromatic rings. The van der Waals surface area contributed by atoms with Crippen LogP contribution in [0.25, 0.3) is 5.82 Å². The van der Waals surface area contributed by atoms with Gasteiger partial charge in [0.25, 0.3) is 0 Å². The average molecular weight is 324 g/mol. The van der Waals surface area contributed by atoms with Crippen molar-refractivity contribution in [3.05, 3.63) is 60.7 Å². The van der Waals surface area contributed by atoms with Crippen LogP contribution in [0.15, 0.2) is 55.1 Å². The van der Waals surface area contributed by atoms with E-state index in [1.807, 2.05) is 24.3 Å². The predicted octanol–water partition coefficient (Wildman–Crippen LogP) is 1.99. The van der Waals surface area contributed by atoms with Gasteiger partial charge in [0.15, 0.2) is 5.82 Å². The van der Waals surface area contributed by atoms with Crippen molar-refractivity contribution in [1.29, 1.82) is 0 Å². The van der Waals surface area contributed by atoms with Gasteiger partial charge in [-0.25, -0.2) is 19.4 Å². The molecule has 0 atom stereocenters. The van der Waals surface area contributed by atoms with Gasteiger partial charge in [-0.05, 0) is 23.8 Å². The van der Waals surface area contributed by atoms with E-state index in [2.05, 4.69) is 25.7 Å². The Kier molecular flexibility index (Phi) is 4.66. The molecule has 3 rings (SSSR count). The molecule has 8 nitrogen and oxygen atoms in total. The number of methoxy groups -OCH3 is 1. The van der Waals surface area contributed by atoms with E-state index in [1.54, 1.807) is 36.3 Å². The van der Waals surface area contributed by atoms with Gasteiger partial charge in [0.2, 0.25) is 0 Å². The highest BCUT2D eigenvalue weighted by Gasteiger charge is 2.05. The van der Waals surface area contributed by atoms with Crippen molar-refractivity contribution in [3.8, 4) is 11.6 Å². The Morgan fingerprint density at radius 1 is 1.25 bits per heavy atom. The summed E-state index contributed by atoms with van der Waals surface area (Å²) in [4.78, 5) is 20.1. The smallest absolute Gasteiger partial charge is 0.320 e. The standard InChI is InChI=1S/C16H16N6O2/c1-24-13-5-3-12(4-6-13)10-17-16(23)21-14-9-15(19-11-18-14)22-8-2-7-20-22/h2-9,11H,10H2,1H3,(H2,17,18,19,21,23). The molecule has 2 aromatic heterocycles. The predicted molar refractivity (Wildman–Crippen MR) is 88.0 cm³/mol. The number of urea groups is 1. The van der Waals surface area contributed by atoms with Gasteiger partial charge in [-0.2, -0.15) is 5.10 Å². The fourth-order valence-electron chi connectivity index (χ4n) is 2.03. The van der Waals surface area contributed by atoms with Crippen LogP contribution in [0.1, 0.15) is 5.56 Å². The van der Waals surface area contributed by atoms with Crippen LogP contribution in [0, 0.1) is 0 Å². The lowest BCUT2D eigenvalue weighted by molar-refractivity contribution is 0.251. The molecule has 2 heterocycles. The van der Waals surface area contributed by atoms with Gasteiger partial charge >= 0.3 is 6.03 Å². The lowest BCUT2D eigenvalue weighted by Gasteiger charge is -2.08. The number of carbonyl (C=O) groups is 1. The van der Waals surface area contributed by atoms with Gasteiger partial charge in [-0.1, -0.05) is 12.1 Å². The average Bonchev–Trinajstić information content (AvgIpc) is 3.15. The number of aromatic nitrogens is 4. The molecule has 0 bridgehead atoms. The Balaban J connectivity index is 1.57. The van der Waals surface area contributed by atoms with Gasteiger partial charge in [0, 0.05) is 25.0 Å². The second kappa shape index (κ2) is 7.23. The minimum Gasteiger partial charge on any atom is -0.497 e. The van der Waals surface area contributed by atoms with Crippen LogP contribution in [0.5, 0.6) is 5.75 Å². The number of anilines is 1. The summed E-state index contributed by atoms with van der Waals surface area (Å²) in [5.74, 6) is 1.73. The lowest BCUT2D eigenvalue weighted by Crippen LogP contribution is -2.28. The van der Waals surface area contributed by atoms with Crippen LogP contribution in [0.3, 0.4) is 0 Å². The fraction of sp³-hybridized carbons (Fsp3) is 0.125. The van der Waals surface area contributed by atoms with Crippen molar-refractivity contribution in [2.45, 2.75) is 6.54 Å². The van der Waals surface area contributed by atoms with E-state index in [4.69, 9.17) is 4.74 Å². The second-order valence-corrected chi connectivity index (χ2v) is 4.87. The highest BCUT2D eigenvalue weighted by molar-refractivity contribution is 5.88. The molecule has 0 radical (unpaired) electrons. The Morgan fingerprint density at radius 2 is 2.08 bits per heavy atom. The van der Waals surface area contributed by atoms with Gasteiger partial charge in [-0.15, -0.1) is 0 Å². The summed E-state index contributed by atoms with van der Waals surface area (Å²) >= 11 is 0. The van der Waals surface area contributed by atoms with E-state index in [0.717, 1.165) is 11.3 Å². The van der Waals surface area contributed by atoms with Crippen LogP contribution in [0.4, 0.5) is 10.6 Å². The molecular weight excluding hydrogens is 308 g/mol. The maximum Gasteiger partial charge on any atom is 0.320 e. The number of rotatable bonds is 5. The zero-order valence-electron chi connectivity index (χ0n) is 13.0. The van der Waals surface area contributed by atoms with Crippen molar-refractivity contribution in [2.24, 2.45) is 0 Å². The van der Waals surface area contributed by atoms with E-state index in [9.17, 15) is 4.79 Å². The van der Waals surface area contributed by atoms with Crippen molar-refractivity contribution in [2.75, 3.05) is 12.4 Å². The van der Waals surface area contributed by atoms with Crippen LogP contribution in [-0.4, -0.2) is 32.9 Å². The summed E-state index contributed by atoms with van der Waals surface area (Å²) < 4.78 is 6.68. The molecule has 0 saturated carbocycles. The summed E-state index contributed by atoms with van der Waals surface area (Å²) in [7, 11) is 1.61. The Hall–Kier alpha value is -3.42. The number of nitrogens with one attached hydrogen (secondary N) is 2. The van der Waals surface area contributed by atoms with E-state index < -0.39 is 0 Å². The van der Waals surface area contributed by atoms with Crippen LogP contribution >= 0.6 is 0 Å². The van der Waals surface area contributed by atoms with E-state index >= 15 is 0 Å². The number of hydrogen-bond acceptors (Lipinski definition) is 5. The molecule has 0 aliphatic carbocycles. The molecule has 0 fully saturated rings. The topological polar surface area (TPSA) is 94.0 Å². The van der Waals surface area contributed by atoms with Crippen molar-refractivity contribution < 1.29 is 9.53 Å². The third-order valence-electron chi connectivity index (χ3n) is 3.25. The number of nitrogens with zero attached hydrogens (tertiary/aromatic N) is 4. The van der Waals surface area contributed by atoms with Crippen LogP contribution in [-0.2, 0) is 6.54 Å². The molecule has 0 aliphatic rings. The molecular formula is C16H16N6O2. The number of hydrogen-bond donors (Lipinski definition) is 2. The SMILES string of the molecule is COc1ccc(CNC(=O)Nc2cc(-n3cccn3)ncn2)cc1. The molecule has 0 saturated heterocycles. The van der Waals surface area contributed by atoms with E-state index in [0.29, 0.717) is 18.2 Å². The van der Waals surface area contributed by atoms with Gasteiger partial charge in [-0.3, -0.25) is 5.32 Å². The molecule has 24 heavy (non-hydrogen) atoms. The van der Waals surface area contributed by atoms with Crippen molar-refractivity contribution in [3.63, 3.8) is 0 Å². The Bertz CT molecular complexity index is 802. The van der Waals surface area contributed by atoms with Gasteiger partial charge in [0.1, 0.15) is 17.9 Å². The zero-order chi connectivity index (χ0) is 16.8. The summed E-state index contributed by atoms with van der Waals surface area (Å²) in [6.45, 7) is 0.396. The first kappa shape index (κ1) is 15.5. The molecule has 122 valence electrons. The van der Waals surface area contributed by atoms with Crippen molar-refractivity contribution >= 4 is 11.8 Å². The highest BCUT2D eigenvalue weighted by Crippen LogP contribution is 2.11. The molecule has 0 unspecified atom stereocenters. The third kappa shape index (κ3) is 3.86. The minimum absolute atomic E-state index is 0.351. The maximum absolute atomic E-state index is 12.0. The maximum atomic E-state index is 12.0. The molecule has 1 aromatic carbocycles. The first-order valence-corrected chi connectivity index (χ1v) is 7.24. The van der Waals surface area contributed by atoms with Crippen LogP contribution < -0.4 is 15.4 Å². The summed E-state index contributed by atoms with van der Waals surface area (Å²) in [5.41, 5.74) is 0.964. The summed E-state index contributed by atoms with van der Waals surface area (Å²) in [6, 6.07) is 10.5. The van der Waals surface area contributed by atoms with E-state index in [1.165, 1.54) is 6.33 Å². The zero-order valence-corrected chi connectivity index (χ0v) is 13.0. The van der Waals surface area contributed by atoms with Crippen LogP contribution in [0.2, 0.25) is 0 Å². The second-order valence-electron chi connectivity index (χ2n) is 4.87. The normalized spacial score (nSPS) is 10.2. The summed E-state index contributed by atoms with van der Waals surface area (Å²) in [6.07, 6.45) is 4.78. The minimum atomic E-state index is -0.351. The quantitative estimate of drug-likeness (QED) is 0.748. The fourth-order valence-corrected chi connectivity index (χ4v) is 2.03. The largest absolute Gasteiger partial charge is 0.497 e. The number of benzene rings is 1. The molecule has 0 spiro atoms. The number of ether oxygens (including phenoxy) is 1.